The Morgan fingerprint density at radius 2 is 2.40 bits per heavy atom. The molecule has 2 aromatic heterocycles. The number of carbonyl (C=O) groups is 1. The number of thiazole rings is 1. The summed E-state index contributed by atoms with van der Waals surface area (Å²) < 4.78 is 5.13. The first-order valence-corrected chi connectivity index (χ1v) is 7.60. The van der Waals surface area contributed by atoms with E-state index >= 15 is 0 Å². The summed E-state index contributed by atoms with van der Waals surface area (Å²) >= 11 is 1.65. The SMILES string of the molecule is CCOC(=O)C1CCc2sc(-c3ncccc3C)nc21. The minimum absolute atomic E-state index is 0.152. The van der Waals surface area contributed by atoms with Crippen LogP contribution in [-0.4, -0.2) is 22.5 Å². The lowest BCUT2D eigenvalue weighted by Crippen LogP contribution is -2.14. The number of esters is 1. The summed E-state index contributed by atoms with van der Waals surface area (Å²) in [5.41, 5.74) is 2.91. The fourth-order valence-electron chi connectivity index (χ4n) is 2.51. The zero-order valence-corrected chi connectivity index (χ0v) is 12.4. The molecule has 0 saturated carbocycles. The van der Waals surface area contributed by atoms with Crippen LogP contribution in [0.15, 0.2) is 18.3 Å². The summed E-state index contributed by atoms with van der Waals surface area (Å²) in [5.74, 6) is -0.347. The number of nitrogens with zero attached hydrogens (tertiary/aromatic N) is 2. The lowest BCUT2D eigenvalue weighted by atomic mass is 10.1. The highest BCUT2D eigenvalue weighted by atomic mass is 32.1. The van der Waals surface area contributed by atoms with Crippen molar-refractivity contribution < 1.29 is 9.53 Å². The van der Waals surface area contributed by atoms with Gasteiger partial charge in [-0.15, -0.1) is 11.3 Å². The molecule has 104 valence electrons. The van der Waals surface area contributed by atoms with Crippen LogP contribution in [0.1, 0.15) is 35.4 Å². The van der Waals surface area contributed by atoms with Gasteiger partial charge in [0.05, 0.1) is 12.3 Å². The van der Waals surface area contributed by atoms with Gasteiger partial charge in [0, 0.05) is 11.1 Å². The Labute approximate surface area is 121 Å². The molecule has 5 heteroatoms. The highest BCUT2D eigenvalue weighted by Crippen LogP contribution is 2.40. The van der Waals surface area contributed by atoms with Crippen LogP contribution in [0.3, 0.4) is 0 Å². The molecule has 1 unspecified atom stereocenters. The van der Waals surface area contributed by atoms with Crippen molar-refractivity contribution in [3.8, 4) is 10.7 Å². The zero-order valence-electron chi connectivity index (χ0n) is 11.5. The van der Waals surface area contributed by atoms with Crippen LogP contribution in [0, 0.1) is 6.92 Å². The number of hydrogen-bond acceptors (Lipinski definition) is 5. The molecule has 2 heterocycles. The van der Waals surface area contributed by atoms with Crippen molar-refractivity contribution in [3.05, 3.63) is 34.5 Å². The number of rotatable bonds is 3. The average Bonchev–Trinajstić information content (AvgIpc) is 2.99. The van der Waals surface area contributed by atoms with Gasteiger partial charge >= 0.3 is 5.97 Å². The zero-order chi connectivity index (χ0) is 14.1. The Balaban J connectivity index is 1.94. The summed E-state index contributed by atoms with van der Waals surface area (Å²) in [5, 5.41) is 0.905. The third kappa shape index (κ3) is 2.22. The van der Waals surface area contributed by atoms with Crippen LogP contribution in [0.25, 0.3) is 10.7 Å². The van der Waals surface area contributed by atoms with Gasteiger partial charge in [0.1, 0.15) is 16.6 Å². The summed E-state index contributed by atoms with van der Waals surface area (Å²) in [7, 11) is 0. The van der Waals surface area contributed by atoms with Gasteiger partial charge < -0.3 is 4.74 Å². The Morgan fingerprint density at radius 3 is 3.15 bits per heavy atom. The molecule has 3 rings (SSSR count). The van der Waals surface area contributed by atoms with Crippen LogP contribution in [-0.2, 0) is 16.0 Å². The second-order valence-electron chi connectivity index (χ2n) is 4.84. The van der Waals surface area contributed by atoms with Gasteiger partial charge in [-0.25, -0.2) is 4.98 Å². The highest BCUT2D eigenvalue weighted by Gasteiger charge is 2.33. The van der Waals surface area contributed by atoms with Crippen molar-refractivity contribution in [2.45, 2.75) is 32.6 Å². The Kier molecular flexibility index (Phi) is 3.53. The van der Waals surface area contributed by atoms with Crippen LogP contribution in [0.4, 0.5) is 0 Å². The second-order valence-corrected chi connectivity index (χ2v) is 5.92. The molecule has 20 heavy (non-hydrogen) atoms. The first-order valence-electron chi connectivity index (χ1n) is 6.79. The number of hydrogen-bond donors (Lipinski definition) is 0. The molecule has 0 amide bonds. The molecule has 0 fully saturated rings. The maximum absolute atomic E-state index is 11.9. The fraction of sp³-hybridized carbons (Fsp3) is 0.400. The van der Waals surface area contributed by atoms with E-state index in [2.05, 4.69) is 9.97 Å². The smallest absolute Gasteiger partial charge is 0.315 e. The molecule has 0 bridgehead atoms. The molecule has 1 atom stereocenters. The van der Waals surface area contributed by atoms with Crippen LogP contribution in [0.2, 0.25) is 0 Å². The minimum Gasteiger partial charge on any atom is -0.465 e. The van der Waals surface area contributed by atoms with Crippen molar-refractivity contribution in [2.24, 2.45) is 0 Å². The molecule has 0 aliphatic heterocycles. The van der Waals surface area contributed by atoms with Gasteiger partial charge in [0.25, 0.3) is 0 Å². The van der Waals surface area contributed by atoms with Gasteiger partial charge in [-0.2, -0.15) is 0 Å². The van der Waals surface area contributed by atoms with Gasteiger partial charge in [0.2, 0.25) is 0 Å². The van der Waals surface area contributed by atoms with Crippen molar-refractivity contribution in [1.29, 1.82) is 0 Å². The van der Waals surface area contributed by atoms with Crippen molar-refractivity contribution in [1.82, 2.24) is 9.97 Å². The molecule has 0 saturated heterocycles. The number of pyridine rings is 1. The molecule has 0 N–H and O–H groups in total. The third-order valence-electron chi connectivity index (χ3n) is 3.50. The van der Waals surface area contributed by atoms with Gasteiger partial charge in [-0.1, -0.05) is 6.07 Å². The average molecular weight is 288 g/mol. The normalized spacial score (nSPS) is 17.0. The van der Waals surface area contributed by atoms with Crippen molar-refractivity contribution in [2.75, 3.05) is 6.61 Å². The first-order chi connectivity index (χ1) is 9.70. The van der Waals surface area contributed by atoms with E-state index in [-0.39, 0.29) is 11.9 Å². The molecular weight excluding hydrogens is 272 g/mol. The highest BCUT2D eigenvalue weighted by molar-refractivity contribution is 7.15. The molecule has 0 aromatic carbocycles. The van der Waals surface area contributed by atoms with E-state index in [1.54, 1.807) is 17.5 Å². The third-order valence-corrected chi connectivity index (χ3v) is 4.64. The van der Waals surface area contributed by atoms with Gasteiger partial charge in [-0.05, 0) is 38.3 Å². The maximum atomic E-state index is 11.9. The fourth-order valence-corrected chi connectivity index (χ4v) is 3.71. The van der Waals surface area contributed by atoms with Crippen molar-refractivity contribution >= 4 is 17.3 Å². The predicted octanol–water partition coefficient (Wildman–Crippen LogP) is 3.11. The van der Waals surface area contributed by atoms with E-state index in [9.17, 15) is 4.79 Å². The number of aromatic nitrogens is 2. The summed E-state index contributed by atoms with van der Waals surface area (Å²) in [6.07, 6.45) is 3.49. The Hall–Kier alpha value is -1.75. The van der Waals surface area contributed by atoms with E-state index in [1.165, 1.54) is 4.88 Å². The monoisotopic (exact) mass is 288 g/mol. The minimum atomic E-state index is -0.195. The van der Waals surface area contributed by atoms with Crippen LogP contribution < -0.4 is 0 Å². The topological polar surface area (TPSA) is 52.1 Å². The maximum Gasteiger partial charge on any atom is 0.315 e. The second kappa shape index (κ2) is 5.32. The lowest BCUT2D eigenvalue weighted by Gasteiger charge is -2.07. The molecule has 2 aromatic rings. The van der Waals surface area contributed by atoms with E-state index in [4.69, 9.17) is 4.74 Å². The van der Waals surface area contributed by atoms with E-state index in [0.29, 0.717) is 6.61 Å². The number of ether oxygens (including phenoxy) is 1. The quantitative estimate of drug-likeness (QED) is 0.814. The largest absolute Gasteiger partial charge is 0.465 e. The molecular formula is C15H16N2O2S. The first kappa shape index (κ1) is 13.2. The standard InChI is InChI=1S/C15H16N2O2S/c1-3-19-15(18)10-6-7-11-13(10)17-14(20-11)12-9(2)5-4-8-16-12/h4-5,8,10H,3,6-7H2,1-2H3. The summed E-state index contributed by atoms with van der Waals surface area (Å²) in [4.78, 5) is 22.2. The van der Waals surface area contributed by atoms with E-state index in [1.807, 2.05) is 26.0 Å². The van der Waals surface area contributed by atoms with E-state index in [0.717, 1.165) is 34.8 Å². The molecule has 0 spiro atoms. The number of fused-ring (bicyclic) bond motifs is 1. The van der Waals surface area contributed by atoms with E-state index < -0.39 is 0 Å². The van der Waals surface area contributed by atoms with Crippen molar-refractivity contribution in [3.63, 3.8) is 0 Å². The van der Waals surface area contributed by atoms with Crippen LogP contribution >= 0.6 is 11.3 Å². The Morgan fingerprint density at radius 1 is 1.55 bits per heavy atom. The summed E-state index contributed by atoms with van der Waals surface area (Å²) in [6.45, 7) is 4.27. The molecule has 4 nitrogen and oxygen atoms in total. The van der Waals surface area contributed by atoms with Crippen LogP contribution in [0.5, 0.6) is 0 Å². The lowest BCUT2D eigenvalue weighted by molar-refractivity contribution is -0.145. The Bertz CT molecular complexity index is 651. The molecule has 1 aliphatic rings. The number of carbonyl (C=O) groups excluding carboxylic acids is 1. The molecule has 0 radical (unpaired) electrons. The van der Waals surface area contributed by atoms with Gasteiger partial charge in [0.15, 0.2) is 0 Å². The molecule has 1 aliphatic carbocycles. The van der Waals surface area contributed by atoms with Gasteiger partial charge in [-0.3, -0.25) is 9.78 Å². The summed E-state index contributed by atoms with van der Waals surface area (Å²) in [6, 6.07) is 3.94. The number of aryl methyl sites for hydroxylation is 2. The predicted molar refractivity (Wildman–Crippen MR) is 77.8 cm³/mol.